The third-order valence-electron chi connectivity index (χ3n) is 5.37. The number of carbonyl (C=O) groups excluding carboxylic acids is 2. The molecular formula is C23H28F2N4O2. The molecule has 0 spiro atoms. The zero-order valence-corrected chi connectivity index (χ0v) is 17.9. The van der Waals surface area contributed by atoms with Gasteiger partial charge < -0.3 is 20.4 Å². The third kappa shape index (κ3) is 6.24. The summed E-state index contributed by atoms with van der Waals surface area (Å²) in [5.74, 6) is -2.44. The molecule has 1 fully saturated rings. The number of nitrogens with zero attached hydrogens (tertiary/aromatic N) is 2. The van der Waals surface area contributed by atoms with Crippen LogP contribution in [0.15, 0.2) is 36.4 Å². The molecule has 0 aromatic heterocycles. The molecule has 1 aliphatic heterocycles. The summed E-state index contributed by atoms with van der Waals surface area (Å²) in [7, 11) is 2.12. The van der Waals surface area contributed by atoms with Crippen molar-refractivity contribution in [2.24, 2.45) is 0 Å². The minimum Gasteiger partial charge on any atom is -0.369 e. The lowest BCUT2D eigenvalue weighted by Gasteiger charge is -2.35. The number of carbonyl (C=O) groups is 2. The maximum Gasteiger partial charge on any atom is 0.254 e. The van der Waals surface area contributed by atoms with Crippen LogP contribution in [0.3, 0.4) is 0 Å². The Morgan fingerprint density at radius 1 is 1.03 bits per heavy atom. The van der Waals surface area contributed by atoms with Crippen LogP contribution < -0.4 is 15.5 Å². The topological polar surface area (TPSA) is 64.7 Å². The van der Waals surface area contributed by atoms with Crippen LogP contribution >= 0.6 is 0 Å². The largest absolute Gasteiger partial charge is 0.369 e. The summed E-state index contributed by atoms with van der Waals surface area (Å²) in [6.45, 7) is 6.27. The summed E-state index contributed by atoms with van der Waals surface area (Å²) in [6.07, 6.45) is 0.615. The van der Waals surface area contributed by atoms with Crippen LogP contribution in [-0.2, 0) is 4.79 Å². The summed E-state index contributed by atoms with van der Waals surface area (Å²) < 4.78 is 26.5. The molecule has 2 aromatic rings. The van der Waals surface area contributed by atoms with Gasteiger partial charge in [-0.2, -0.15) is 0 Å². The molecular weight excluding hydrogens is 402 g/mol. The fourth-order valence-electron chi connectivity index (χ4n) is 3.58. The molecule has 0 radical (unpaired) electrons. The molecule has 2 aromatic carbocycles. The van der Waals surface area contributed by atoms with Crippen LogP contribution in [0, 0.1) is 18.6 Å². The summed E-state index contributed by atoms with van der Waals surface area (Å²) in [5.41, 5.74) is 2.80. The van der Waals surface area contributed by atoms with Crippen molar-refractivity contribution < 1.29 is 18.4 Å². The van der Waals surface area contributed by atoms with E-state index in [4.69, 9.17) is 0 Å². The lowest BCUT2D eigenvalue weighted by molar-refractivity contribution is -0.116. The monoisotopic (exact) mass is 430 g/mol. The molecule has 2 amide bonds. The average molecular weight is 430 g/mol. The van der Waals surface area contributed by atoms with E-state index in [1.54, 1.807) is 0 Å². The minimum atomic E-state index is -0.911. The molecule has 0 bridgehead atoms. The summed E-state index contributed by atoms with van der Waals surface area (Å²) in [6, 6.07) is 8.69. The first-order valence-electron chi connectivity index (χ1n) is 10.4. The highest BCUT2D eigenvalue weighted by molar-refractivity contribution is 5.94. The molecule has 0 aliphatic carbocycles. The van der Waals surface area contributed by atoms with Crippen molar-refractivity contribution in [2.75, 3.05) is 50.0 Å². The zero-order valence-electron chi connectivity index (χ0n) is 17.9. The summed E-state index contributed by atoms with van der Waals surface area (Å²) in [4.78, 5) is 28.8. The van der Waals surface area contributed by atoms with Crippen LogP contribution in [0.25, 0.3) is 0 Å². The Morgan fingerprint density at radius 2 is 1.77 bits per heavy atom. The highest BCUT2D eigenvalue weighted by atomic mass is 19.1. The first-order valence-corrected chi connectivity index (χ1v) is 10.4. The van der Waals surface area contributed by atoms with Gasteiger partial charge in [0.05, 0.1) is 5.56 Å². The van der Waals surface area contributed by atoms with Gasteiger partial charge in [-0.3, -0.25) is 9.59 Å². The highest BCUT2D eigenvalue weighted by Gasteiger charge is 2.16. The average Bonchev–Trinajstić information content (AvgIpc) is 2.72. The number of benzene rings is 2. The number of aryl methyl sites for hydroxylation is 1. The molecule has 8 heteroatoms. The van der Waals surface area contributed by atoms with Crippen molar-refractivity contribution in [1.82, 2.24) is 10.2 Å². The molecule has 2 N–H and O–H groups in total. The van der Waals surface area contributed by atoms with E-state index in [1.165, 1.54) is 5.69 Å². The molecule has 0 atom stereocenters. The third-order valence-corrected chi connectivity index (χ3v) is 5.37. The molecule has 31 heavy (non-hydrogen) atoms. The molecule has 3 rings (SSSR count). The molecule has 166 valence electrons. The SMILES string of the molecule is Cc1cc(NC(=O)CCCNC(=O)c2ccc(F)cc2F)ccc1N1CCN(C)CC1. The fourth-order valence-corrected chi connectivity index (χ4v) is 3.58. The van der Waals surface area contributed by atoms with E-state index in [0.29, 0.717) is 12.5 Å². The van der Waals surface area contributed by atoms with Gasteiger partial charge in [0.15, 0.2) is 0 Å². The lowest BCUT2D eigenvalue weighted by Crippen LogP contribution is -2.44. The Kier molecular flexibility index (Phi) is 7.57. The Bertz CT molecular complexity index is 943. The Balaban J connectivity index is 1.43. The number of amides is 2. The number of anilines is 2. The Labute approximate surface area is 181 Å². The van der Waals surface area contributed by atoms with Gasteiger partial charge in [-0.05, 0) is 56.3 Å². The van der Waals surface area contributed by atoms with Crippen LogP contribution in [0.2, 0.25) is 0 Å². The quantitative estimate of drug-likeness (QED) is 0.663. The molecule has 0 unspecified atom stereocenters. The molecule has 1 aliphatic rings. The van der Waals surface area contributed by atoms with Gasteiger partial charge in [-0.25, -0.2) is 8.78 Å². The molecule has 6 nitrogen and oxygen atoms in total. The van der Waals surface area contributed by atoms with Gasteiger partial charge in [0.25, 0.3) is 5.91 Å². The standard InChI is InChI=1S/C23H28F2N4O2/c1-16-14-18(6-8-21(16)29-12-10-28(2)11-13-29)27-22(30)4-3-9-26-23(31)19-7-5-17(24)15-20(19)25/h5-8,14-15H,3-4,9-13H2,1-2H3,(H,26,31)(H,27,30). The van der Waals surface area contributed by atoms with Gasteiger partial charge in [0.1, 0.15) is 11.6 Å². The van der Waals surface area contributed by atoms with E-state index < -0.39 is 17.5 Å². The molecule has 1 saturated heterocycles. The van der Waals surface area contributed by atoms with E-state index >= 15 is 0 Å². The van der Waals surface area contributed by atoms with E-state index in [-0.39, 0.29) is 24.4 Å². The normalized spacial score (nSPS) is 14.4. The van der Waals surface area contributed by atoms with Crippen molar-refractivity contribution in [3.8, 4) is 0 Å². The number of likely N-dealkylation sites (N-methyl/N-ethyl adjacent to an activating group) is 1. The van der Waals surface area contributed by atoms with Crippen molar-refractivity contribution in [3.63, 3.8) is 0 Å². The second kappa shape index (κ2) is 10.3. The first kappa shape index (κ1) is 22.7. The second-order valence-electron chi connectivity index (χ2n) is 7.82. The highest BCUT2D eigenvalue weighted by Crippen LogP contribution is 2.24. The number of hydrogen-bond acceptors (Lipinski definition) is 4. The van der Waals surface area contributed by atoms with Gasteiger partial charge >= 0.3 is 0 Å². The minimum absolute atomic E-state index is 0.158. The van der Waals surface area contributed by atoms with E-state index in [0.717, 1.165) is 49.6 Å². The predicted molar refractivity (Wildman–Crippen MR) is 117 cm³/mol. The van der Waals surface area contributed by atoms with Crippen LogP contribution in [0.5, 0.6) is 0 Å². The van der Waals surface area contributed by atoms with Crippen LogP contribution in [0.1, 0.15) is 28.8 Å². The van der Waals surface area contributed by atoms with Gasteiger partial charge in [0.2, 0.25) is 5.91 Å². The van der Waals surface area contributed by atoms with Crippen molar-refractivity contribution >= 4 is 23.2 Å². The Morgan fingerprint density at radius 3 is 2.45 bits per heavy atom. The first-order chi connectivity index (χ1) is 14.8. The number of rotatable bonds is 7. The maximum atomic E-state index is 13.6. The summed E-state index contributed by atoms with van der Waals surface area (Å²) in [5, 5.41) is 5.42. The van der Waals surface area contributed by atoms with E-state index in [9.17, 15) is 18.4 Å². The molecule has 0 saturated carbocycles. The van der Waals surface area contributed by atoms with Gasteiger partial charge in [0, 0.05) is 56.6 Å². The Hall–Kier alpha value is -3.00. The fraction of sp³-hybridized carbons (Fsp3) is 0.391. The zero-order chi connectivity index (χ0) is 22.4. The predicted octanol–water partition coefficient (Wildman–Crippen LogP) is 3.17. The van der Waals surface area contributed by atoms with E-state index in [1.807, 2.05) is 25.1 Å². The van der Waals surface area contributed by atoms with Gasteiger partial charge in [-0.1, -0.05) is 0 Å². The smallest absolute Gasteiger partial charge is 0.254 e. The van der Waals surface area contributed by atoms with Crippen molar-refractivity contribution in [2.45, 2.75) is 19.8 Å². The number of halogens is 2. The van der Waals surface area contributed by atoms with Crippen molar-refractivity contribution in [3.05, 3.63) is 59.2 Å². The molecule has 1 heterocycles. The second-order valence-corrected chi connectivity index (χ2v) is 7.82. The number of nitrogens with one attached hydrogen (secondary N) is 2. The maximum absolute atomic E-state index is 13.6. The van der Waals surface area contributed by atoms with E-state index in [2.05, 4.69) is 27.5 Å². The van der Waals surface area contributed by atoms with Crippen molar-refractivity contribution in [1.29, 1.82) is 0 Å². The van der Waals surface area contributed by atoms with Crippen LogP contribution in [0.4, 0.5) is 20.2 Å². The van der Waals surface area contributed by atoms with Gasteiger partial charge in [-0.15, -0.1) is 0 Å². The van der Waals surface area contributed by atoms with Crippen LogP contribution in [-0.4, -0.2) is 56.5 Å². The lowest BCUT2D eigenvalue weighted by atomic mass is 10.1. The number of hydrogen-bond donors (Lipinski definition) is 2. The number of piperazine rings is 1. The summed E-state index contributed by atoms with van der Waals surface area (Å²) >= 11 is 0.